The van der Waals surface area contributed by atoms with Crippen molar-refractivity contribution in [3.05, 3.63) is 50.8 Å². The first-order chi connectivity index (χ1) is 8.52. The van der Waals surface area contributed by atoms with Crippen molar-refractivity contribution in [1.82, 2.24) is 10.2 Å². The Morgan fingerprint density at radius 1 is 1.11 bits per heavy atom. The van der Waals surface area contributed by atoms with Gasteiger partial charge < -0.3 is 5.73 Å². The van der Waals surface area contributed by atoms with Crippen LogP contribution < -0.4 is 11.3 Å². The van der Waals surface area contributed by atoms with Gasteiger partial charge in [-0.3, -0.25) is 4.79 Å². The number of aryl methyl sites for hydroxylation is 3. The van der Waals surface area contributed by atoms with E-state index in [1.165, 1.54) is 17.2 Å². The molecule has 2 aromatic rings. The lowest BCUT2D eigenvalue weighted by Gasteiger charge is -2.11. The maximum atomic E-state index is 11.3. The number of nitrogens with one attached hydrogen (secondary N) is 1. The van der Waals surface area contributed by atoms with E-state index >= 15 is 0 Å². The highest BCUT2D eigenvalue weighted by Crippen LogP contribution is 2.26. The summed E-state index contributed by atoms with van der Waals surface area (Å²) < 4.78 is 0. The minimum absolute atomic E-state index is 0.222. The average Bonchev–Trinajstić information content (AvgIpc) is 2.34. The SMILES string of the molecule is Cc1cc(C)c(-c2n[nH]c(=O)cc2CN)cc1C. The highest BCUT2D eigenvalue weighted by Gasteiger charge is 2.10. The topological polar surface area (TPSA) is 71.8 Å². The summed E-state index contributed by atoms with van der Waals surface area (Å²) in [6, 6.07) is 5.72. The van der Waals surface area contributed by atoms with Crippen molar-refractivity contribution in [1.29, 1.82) is 0 Å². The molecule has 0 atom stereocenters. The third kappa shape index (κ3) is 2.19. The van der Waals surface area contributed by atoms with E-state index in [9.17, 15) is 4.79 Å². The van der Waals surface area contributed by atoms with E-state index in [1.54, 1.807) is 0 Å². The highest BCUT2D eigenvalue weighted by atomic mass is 16.1. The average molecular weight is 243 g/mol. The Hall–Kier alpha value is -1.94. The Morgan fingerprint density at radius 3 is 2.44 bits per heavy atom. The minimum atomic E-state index is -0.222. The van der Waals surface area contributed by atoms with E-state index in [2.05, 4.69) is 36.2 Å². The van der Waals surface area contributed by atoms with Crippen LogP contribution in [0.1, 0.15) is 22.3 Å². The minimum Gasteiger partial charge on any atom is -0.326 e. The molecule has 1 aromatic carbocycles. The Balaban J connectivity index is 2.69. The molecule has 0 bridgehead atoms. The van der Waals surface area contributed by atoms with Crippen LogP contribution in [0.3, 0.4) is 0 Å². The number of nitrogens with zero attached hydrogens (tertiary/aromatic N) is 1. The molecule has 0 aliphatic heterocycles. The van der Waals surface area contributed by atoms with Crippen molar-refractivity contribution in [3.8, 4) is 11.3 Å². The molecule has 0 unspecified atom stereocenters. The molecule has 0 radical (unpaired) electrons. The summed E-state index contributed by atoms with van der Waals surface area (Å²) in [6.07, 6.45) is 0. The van der Waals surface area contributed by atoms with Gasteiger partial charge >= 0.3 is 0 Å². The molecule has 0 saturated carbocycles. The van der Waals surface area contributed by atoms with E-state index in [4.69, 9.17) is 5.73 Å². The Labute approximate surface area is 106 Å². The summed E-state index contributed by atoms with van der Waals surface area (Å²) in [6.45, 7) is 6.48. The van der Waals surface area contributed by atoms with Crippen molar-refractivity contribution < 1.29 is 0 Å². The summed E-state index contributed by atoms with van der Waals surface area (Å²) in [7, 11) is 0. The number of H-pyrrole nitrogens is 1. The molecule has 94 valence electrons. The molecule has 1 heterocycles. The largest absolute Gasteiger partial charge is 0.326 e. The number of aromatic amines is 1. The zero-order valence-electron chi connectivity index (χ0n) is 10.9. The van der Waals surface area contributed by atoms with Crippen molar-refractivity contribution in [2.24, 2.45) is 5.73 Å². The molecule has 0 spiro atoms. The van der Waals surface area contributed by atoms with E-state index in [-0.39, 0.29) is 5.56 Å². The van der Waals surface area contributed by atoms with E-state index < -0.39 is 0 Å². The van der Waals surface area contributed by atoms with Crippen molar-refractivity contribution in [3.63, 3.8) is 0 Å². The van der Waals surface area contributed by atoms with Gasteiger partial charge in [0.05, 0.1) is 5.69 Å². The summed E-state index contributed by atoms with van der Waals surface area (Å²) in [4.78, 5) is 11.3. The van der Waals surface area contributed by atoms with Gasteiger partial charge in [0.1, 0.15) is 0 Å². The van der Waals surface area contributed by atoms with Gasteiger partial charge in [-0.1, -0.05) is 6.07 Å². The molecule has 0 amide bonds. The molecule has 4 heteroatoms. The quantitative estimate of drug-likeness (QED) is 0.845. The van der Waals surface area contributed by atoms with Gasteiger partial charge in [0.2, 0.25) is 0 Å². The summed E-state index contributed by atoms with van der Waals surface area (Å²) in [5.41, 5.74) is 11.6. The van der Waals surface area contributed by atoms with Crippen LogP contribution in [0.2, 0.25) is 0 Å². The second-order valence-electron chi connectivity index (χ2n) is 4.56. The Morgan fingerprint density at radius 2 is 1.78 bits per heavy atom. The number of hydrogen-bond donors (Lipinski definition) is 2. The van der Waals surface area contributed by atoms with Crippen LogP contribution in [-0.4, -0.2) is 10.2 Å². The van der Waals surface area contributed by atoms with Gasteiger partial charge in [0, 0.05) is 18.2 Å². The third-order valence-corrected chi connectivity index (χ3v) is 3.20. The molecule has 2 rings (SSSR count). The maximum Gasteiger partial charge on any atom is 0.264 e. The van der Waals surface area contributed by atoms with Gasteiger partial charge in [-0.25, -0.2) is 5.10 Å². The number of benzene rings is 1. The fourth-order valence-corrected chi connectivity index (χ4v) is 2.05. The predicted octanol–water partition coefficient (Wildman–Crippen LogP) is 1.82. The normalized spacial score (nSPS) is 10.7. The molecule has 0 fully saturated rings. The number of rotatable bonds is 2. The lowest BCUT2D eigenvalue weighted by molar-refractivity contribution is 0.943. The van der Waals surface area contributed by atoms with Gasteiger partial charge in [0.15, 0.2) is 0 Å². The number of aromatic nitrogens is 2. The molecule has 18 heavy (non-hydrogen) atoms. The van der Waals surface area contributed by atoms with Crippen molar-refractivity contribution in [2.45, 2.75) is 27.3 Å². The summed E-state index contributed by atoms with van der Waals surface area (Å²) in [5, 5.41) is 6.61. The van der Waals surface area contributed by atoms with Crippen molar-refractivity contribution in [2.75, 3.05) is 0 Å². The zero-order valence-corrected chi connectivity index (χ0v) is 10.9. The predicted molar refractivity (Wildman–Crippen MR) is 72.4 cm³/mol. The Kier molecular flexibility index (Phi) is 3.30. The molecular formula is C14H17N3O. The van der Waals surface area contributed by atoms with Crippen LogP contribution in [0.15, 0.2) is 23.0 Å². The molecular weight excluding hydrogens is 226 g/mol. The van der Waals surface area contributed by atoms with E-state index in [0.29, 0.717) is 6.54 Å². The second-order valence-corrected chi connectivity index (χ2v) is 4.56. The fraction of sp³-hybridized carbons (Fsp3) is 0.286. The van der Waals surface area contributed by atoms with Crippen LogP contribution in [0, 0.1) is 20.8 Å². The molecule has 0 saturated heterocycles. The maximum absolute atomic E-state index is 11.3. The Bertz CT molecular complexity index is 644. The first-order valence-corrected chi connectivity index (χ1v) is 5.90. The zero-order chi connectivity index (χ0) is 13.3. The molecule has 0 aliphatic rings. The summed E-state index contributed by atoms with van der Waals surface area (Å²) >= 11 is 0. The number of hydrogen-bond acceptors (Lipinski definition) is 3. The molecule has 1 aromatic heterocycles. The molecule has 4 nitrogen and oxygen atoms in total. The first kappa shape index (κ1) is 12.5. The smallest absolute Gasteiger partial charge is 0.264 e. The van der Waals surface area contributed by atoms with Crippen LogP contribution >= 0.6 is 0 Å². The number of nitrogens with two attached hydrogens (primary N) is 1. The van der Waals surface area contributed by atoms with E-state index in [1.807, 2.05) is 6.92 Å². The van der Waals surface area contributed by atoms with Crippen LogP contribution in [0.25, 0.3) is 11.3 Å². The lowest BCUT2D eigenvalue weighted by atomic mass is 9.96. The first-order valence-electron chi connectivity index (χ1n) is 5.90. The van der Waals surface area contributed by atoms with Gasteiger partial charge in [-0.15, -0.1) is 0 Å². The fourth-order valence-electron chi connectivity index (χ4n) is 2.05. The standard InChI is InChI=1S/C14H17N3O/c1-8-4-10(3)12(5-9(8)2)14-11(7-15)6-13(18)16-17-14/h4-6H,7,15H2,1-3H3,(H,16,18). The van der Waals surface area contributed by atoms with Crippen LogP contribution in [0.5, 0.6) is 0 Å². The molecule has 3 N–H and O–H groups in total. The van der Waals surface area contributed by atoms with Crippen molar-refractivity contribution >= 4 is 0 Å². The lowest BCUT2D eigenvalue weighted by Crippen LogP contribution is -2.13. The van der Waals surface area contributed by atoms with Crippen LogP contribution in [-0.2, 0) is 6.54 Å². The van der Waals surface area contributed by atoms with Gasteiger partial charge in [-0.05, 0) is 49.1 Å². The third-order valence-electron chi connectivity index (χ3n) is 3.20. The highest BCUT2D eigenvalue weighted by molar-refractivity contribution is 5.67. The second kappa shape index (κ2) is 4.74. The van der Waals surface area contributed by atoms with Gasteiger partial charge in [-0.2, -0.15) is 5.10 Å². The monoisotopic (exact) mass is 243 g/mol. The summed E-state index contributed by atoms with van der Waals surface area (Å²) in [5.74, 6) is 0. The van der Waals surface area contributed by atoms with Gasteiger partial charge in [0.25, 0.3) is 5.56 Å². The van der Waals surface area contributed by atoms with Crippen LogP contribution in [0.4, 0.5) is 0 Å². The molecule has 0 aliphatic carbocycles. The van der Waals surface area contributed by atoms with E-state index in [0.717, 1.165) is 22.4 Å².